The lowest BCUT2D eigenvalue weighted by molar-refractivity contribution is 0.0672. The topological polar surface area (TPSA) is 72.4 Å². The lowest BCUT2D eigenvalue weighted by atomic mass is 10.1. The molecule has 4 aromatic rings. The Labute approximate surface area is 182 Å². The largest absolute Gasteiger partial charge is 0.443 e. The Hall–Kier alpha value is -3.81. The van der Waals surface area contributed by atoms with Gasteiger partial charge in [-0.15, -0.1) is 0 Å². The van der Waals surface area contributed by atoms with Crippen molar-refractivity contribution in [1.29, 1.82) is 0 Å². The second-order valence-electron chi connectivity index (χ2n) is 7.71. The number of likely N-dealkylation sites (tertiary alicyclic amines) is 1. The average molecular weight is 435 g/mol. The van der Waals surface area contributed by atoms with Gasteiger partial charge in [-0.2, -0.15) is 0 Å². The Morgan fingerprint density at radius 3 is 2.53 bits per heavy atom. The molecular weight excluding hydrogens is 416 g/mol. The molecule has 32 heavy (non-hydrogen) atoms. The third-order valence-corrected chi connectivity index (χ3v) is 5.52. The minimum Gasteiger partial charge on any atom is -0.443 e. The maximum absolute atomic E-state index is 13.1. The first-order valence-corrected chi connectivity index (χ1v) is 10.3. The molecule has 1 saturated heterocycles. The van der Waals surface area contributed by atoms with Gasteiger partial charge in [0.05, 0.1) is 6.20 Å². The summed E-state index contributed by atoms with van der Waals surface area (Å²) in [5.74, 6) is 0.275. The molecule has 0 saturated carbocycles. The SMILES string of the molecule is O=C(c1cc(-c2ccc(F)cc2)no1)N1CCC[C@H]1c1ncc(Cc2ccc(F)cc2)o1. The molecule has 1 aliphatic rings. The van der Waals surface area contributed by atoms with Gasteiger partial charge in [0.25, 0.3) is 5.91 Å². The van der Waals surface area contributed by atoms with Crippen molar-refractivity contribution in [2.45, 2.75) is 25.3 Å². The molecule has 1 fully saturated rings. The number of nitrogens with zero attached hydrogens (tertiary/aromatic N) is 3. The second-order valence-corrected chi connectivity index (χ2v) is 7.71. The first-order valence-electron chi connectivity index (χ1n) is 10.3. The molecule has 0 radical (unpaired) electrons. The summed E-state index contributed by atoms with van der Waals surface area (Å²) in [6.45, 7) is 0.547. The van der Waals surface area contributed by atoms with Crippen molar-refractivity contribution in [1.82, 2.24) is 15.0 Å². The molecule has 3 heterocycles. The van der Waals surface area contributed by atoms with E-state index in [9.17, 15) is 13.6 Å². The smallest absolute Gasteiger partial charge is 0.293 e. The Morgan fingerprint density at radius 1 is 1.06 bits per heavy atom. The molecule has 0 N–H and O–H groups in total. The highest BCUT2D eigenvalue weighted by atomic mass is 19.1. The van der Waals surface area contributed by atoms with Gasteiger partial charge in [0, 0.05) is 24.6 Å². The van der Waals surface area contributed by atoms with Crippen LogP contribution in [-0.2, 0) is 6.42 Å². The molecule has 0 unspecified atom stereocenters. The van der Waals surface area contributed by atoms with Crippen LogP contribution in [0.2, 0.25) is 0 Å². The van der Waals surface area contributed by atoms with Crippen LogP contribution in [0.15, 0.2) is 69.7 Å². The van der Waals surface area contributed by atoms with Crippen LogP contribution in [-0.4, -0.2) is 27.5 Å². The second kappa shape index (κ2) is 8.37. The summed E-state index contributed by atoms with van der Waals surface area (Å²) < 4.78 is 37.5. The standard InChI is InChI=1S/C24H19F2N3O3/c25-17-7-3-15(4-8-17)12-19-14-27-23(31-19)21-2-1-11-29(21)24(30)22-13-20(28-32-22)16-5-9-18(26)10-6-16/h3-10,13-14,21H,1-2,11-12H2/t21-/m0/s1. The van der Waals surface area contributed by atoms with Crippen LogP contribution in [0.1, 0.15) is 46.7 Å². The van der Waals surface area contributed by atoms with Gasteiger partial charge < -0.3 is 13.8 Å². The third kappa shape index (κ3) is 4.03. The third-order valence-electron chi connectivity index (χ3n) is 5.52. The van der Waals surface area contributed by atoms with Gasteiger partial charge in [0.15, 0.2) is 0 Å². The molecule has 0 aliphatic carbocycles. The summed E-state index contributed by atoms with van der Waals surface area (Å²) in [5, 5.41) is 3.95. The highest BCUT2D eigenvalue weighted by molar-refractivity contribution is 5.92. The molecule has 5 rings (SSSR count). The van der Waals surface area contributed by atoms with Crippen LogP contribution in [0.25, 0.3) is 11.3 Å². The molecule has 8 heteroatoms. The van der Waals surface area contributed by atoms with Gasteiger partial charge in [0.2, 0.25) is 11.7 Å². The highest BCUT2D eigenvalue weighted by Gasteiger charge is 2.35. The molecule has 6 nitrogen and oxygen atoms in total. The van der Waals surface area contributed by atoms with Crippen LogP contribution in [0.5, 0.6) is 0 Å². The number of amides is 1. The van der Waals surface area contributed by atoms with Gasteiger partial charge in [-0.1, -0.05) is 17.3 Å². The molecule has 0 bridgehead atoms. The number of carbonyl (C=O) groups is 1. The van der Waals surface area contributed by atoms with Crippen molar-refractivity contribution >= 4 is 5.91 Å². The van der Waals surface area contributed by atoms with E-state index >= 15 is 0 Å². The summed E-state index contributed by atoms with van der Waals surface area (Å²) in [4.78, 5) is 19.1. The maximum Gasteiger partial charge on any atom is 0.293 e. The van der Waals surface area contributed by atoms with Crippen molar-refractivity contribution in [2.75, 3.05) is 6.54 Å². The van der Waals surface area contributed by atoms with Crippen LogP contribution in [0.4, 0.5) is 8.78 Å². The molecule has 2 aromatic heterocycles. The zero-order chi connectivity index (χ0) is 22.1. The summed E-state index contributed by atoms with van der Waals surface area (Å²) in [6.07, 6.45) is 3.66. The summed E-state index contributed by atoms with van der Waals surface area (Å²) in [5.41, 5.74) is 2.02. The molecule has 162 valence electrons. The van der Waals surface area contributed by atoms with Gasteiger partial charge in [-0.05, 0) is 54.8 Å². The number of halogens is 2. The Morgan fingerprint density at radius 2 is 1.78 bits per heavy atom. The Kier molecular flexibility index (Phi) is 5.26. The summed E-state index contributed by atoms with van der Waals surface area (Å²) in [6, 6.07) is 13.3. The molecule has 1 atom stereocenters. The summed E-state index contributed by atoms with van der Waals surface area (Å²) >= 11 is 0. The van der Waals surface area contributed by atoms with Crippen molar-refractivity contribution in [3.8, 4) is 11.3 Å². The van der Waals surface area contributed by atoms with Gasteiger partial charge in [-0.3, -0.25) is 4.79 Å². The number of oxazole rings is 1. The maximum atomic E-state index is 13.1. The van der Waals surface area contributed by atoms with Crippen molar-refractivity contribution in [2.24, 2.45) is 0 Å². The zero-order valence-corrected chi connectivity index (χ0v) is 17.0. The minimum absolute atomic E-state index is 0.106. The predicted octanol–water partition coefficient (Wildman–Crippen LogP) is 5.18. The number of rotatable bonds is 5. The van der Waals surface area contributed by atoms with E-state index in [0.29, 0.717) is 35.9 Å². The van der Waals surface area contributed by atoms with Crippen molar-refractivity contribution in [3.63, 3.8) is 0 Å². The lowest BCUT2D eigenvalue weighted by Crippen LogP contribution is -2.30. The van der Waals surface area contributed by atoms with E-state index in [1.54, 1.807) is 41.4 Å². The molecule has 1 aliphatic heterocycles. The van der Waals surface area contributed by atoms with Gasteiger partial charge in [0.1, 0.15) is 29.1 Å². The fourth-order valence-corrected chi connectivity index (χ4v) is 3.90. The number of aromatic nitrogens is 2. The van der Waals surface area contributed by atoms with E-state index in [0.717, 1.165) is 18.4 Å². The van der Waals surface area contributed by atoms with E-state index < -0.39 is 0 Å². The van der Waals surface area contributed by atoms with Crippen molar-refractivity contribution < 1.29 is 22.5 Å². The van der Waals surface area contributed by atoms with Crippen LogP contribution in [0, 0.1) is 11.6 Å². The molecule has 0 spiro atoms. The zero-order valence-electron chi connectivity index (χ0n) is 17.0. The number of benzene rings is 2. The van der Waals surface area contributed by atoms with Gasteiger partial charge >= 0.3 is 0 Å². The Balaban J connectivity index is 1.31. The fourth-order valence-electron chi connectivity index (χ4n) is 3.90. The number of carbonyl (C=O) groups excluding carboxylic acids is 1. The van der Waals surface area contributed by atoms with Gasteiger partial charge in [-0.25, -0.2) is 13.8 Å². The van der Waals surface area contributed by atoms with Crippen LogP contribution in [0.3, 0.4) is 0 Å². The van der Waals surface area contributed by atoms with E-state index in [-0.39, 0.29) is 29.3 Å². The molecular formula is C24H19F2N3O3. The van der Waals surface area contributed by atoms with E-state index in [1.165, 1.54) is 24.3 Å². The lowest BCUT2D eigenvalue weighted by Gasteiger charge is -2.20. The van der Waals surface area contributed by atoms with E-state index in [2.05, 4.69) is 10.1 Å². The minimum atomic E-state index is -0.349. The average Bonchev–Trinajstić information content (AvgIpc) is 3.56. The normalized spacial score (nSPS) is 15.9. The molecule has 2 aromatic carbocycles. The molecule has 1 amide bonds. The first-order chi connectivity index (χ1) is 15.6. The van der Waals surface area contributed by atoms with Crippen LogP contribution >= 0.6 is 0 Å². The van der Waals surface area contributed by atoms with Crippen LogP contribution < -0.4 is 0 Å². The fraction of sp³-hybridized carbons (Fsp3) is 0.208. The number of hydrogen-bond donors (Lipinski definition) is 0. The predicted molar refractivity (Wildman–Crippen MR) is 111 cm³/mol. The first kappa shape index (κ1) is 20.1. The van der Waals surface area contributed by atoms with E-state index in [4.69, 9.17) is 8.94 Å². The van der Waals surface area contributed by atoms with E-state index in [1.807, 2.05) is 0 Å². The summed E-state index contributed by atoms with van der Waals surface area (Å²) in [7, 11) is 0. The highest BCUT2D eigenvalue weighted by Crippen LogP contribution is 2.33. The van der Waals surface area contributed by atoms with Crippen molar-refractivity contribution in [3.05, 3.63) is 95.4 Å². The Bertz CT molecular complexity index is 1230. The number of hydrogen-bond acceptors (Lipinski definition) is 5. The quantitative estimate of drug-likeness (QED) is 0.432. The monoisotopic (exact) mass is 435 g/mol.